The minimum Gasteiger partial charge on any atom is -0.375 e. The number of hydrogen-bond donors (Lipinski definition) is 2. The third-order valence-corrected chi connectivity index (χ3v) is 6.02. The molecule has 172 valence electrons. The van der Waals surface area contributed by atoms with E-state index in [9.17, 15) is 14.4 Å². The van der Waals surface area contributed by atoms with Crippen LogP contribution in [-0.4, -0.2) is 78.3 Å². The van der Waals surface area contributed by atoms with Crippen LogP contribution in [-0.2, 0) is 22.6 Å². The maximum atomic E-state index is 12.8. The molecule has 2 aliphatic heterocycles. The summed E-state index contributed by atoms with van der Waals surface area (Å²) < 4.78 is 7.86. The van der Waals surface area contributed by atoms with Crippen molar-refractivity contribution in [3.63, 3.8) is 0 Å². The van der Waals surface area contributed by atoms with Crippen molar-refractivity contribution < 1.29 is 14.3 Å². The van der Waals surface area contributed by atoms with Crippen LogP contribution >= 0.6 is 0 Å². The number of hydrogen-bond acceptors (Lipinski definition) is 6. The topological polar surface area (TPSA) is 95.9 Å². The van der Waals surface area contributed by atoms with E-state index in [4.69, 9.17) is 4.74 Å². The van der Waals surface area contributed by atoms with Crippen LogP contribution < -0.4 is 16.2 Å². The molecule has 2 saturated heterocycles. The van der Waals surface area contributed by atoms with Crippen molar-refractivity contribution in [3.05, 3.63) is 34.2 Å². The van der Waals surface area contributed by atoms with E-state index in [-0.39, 0.29) is 30.5 Å². The second-order valence-electron chi connectivity index (χ2n) is 8.44. The summed E-state index contributed by atoms with van der Waals surface area (Å²) in [7, 11) is 1.96. The van der Waals surface area contributed by atoms with Crippen LogP contribution in [0.4, 0.5) is 4.79 Å². The van der Waals surface area contributed by atoms with Crippen molar-refractivity contribution in [2.45, 2.75) is 57.9 Å². The van der Waals surface area contributed by atoms with E-state index < -0.39 is 6.03 Å². The van der Waals surface area contributed by atoms with Gasteiger partial charge in [-0.1, -0.05) is 6.07 Å². The van der Waals surface area contributed by atoms with E-state index in [1.165, 1.54) is 4.90 Å². The fourth-order valence-corrected chi connectivity index (χ4v) is 4.10. The second kappa shape index (κ2) is 11.4. The number of rotatable bonds is 10. The Balaban J connectivity index is 1.46. The number of carbonyl (C=O) groups excluding carboxylic acids is 2. The minimum absolute atomic E-state index is 0.0798. The molecule has 0 spiro atoms. The van der Waals surface area contributed by atoms with Crippen molar-refractivity contribution >= 4 is 11.9 Å². The predicted molar refractivity (Wildman–Crippen MR) is 118 cm³/mol. The molecule has 0 aliphatic carbocycles. The molecule has 3 heterocycles. The highest BCUT2D eigenvalue weighted by Gasteiger charge is 2.24. The van der Waals surface area contributed by atoms with Crippen molar-refractivity contribution in [1.29, 1.82) is 0 Å². The molecule has 1 aromatic rings. The number of piperidine rings is 1. The Bertz CT molecular complexity index is 803. The Morgan fingerprint density at radius 3 is 2.68 bits per heavy atom. The first-order valence-electron chi connectivity index (χ1n) is 11.3. The standard InChI is InChI=1S/C22H35N5O4/c1-17(5-9-23-2)31-19-6-11-25(12-7-19)14-15-26-10-3-4-18(21(26)29)16-27-13-8-20(28)24-22(27)30/h3-4,10,17,19,23H,5-9,11-16H2,1-2H3,(H,24,28,30). The van der Waals surface area contributed by atoms with Crippen LogP contribution in [0.2, 0.25) is 0 Å². The van der Waals surface area contributed by atoms with E-state index in [2.05, 4.69) is 22.5 Å². The van der Waals surface area contributed by atoms with Gasteiger partial charge in [-0.3, -0.25) is 14.9 Å². The molecule has 0 radical (unpaired) electrons. The minimum atomic E-state index is -0.434. The van der Waals surface area contributed by atoms with Gasteiger partial charge in [-0.25, -0.2) is 4.79 Å². The number of ether oxygens (including phenoxy) is 1. The lowest BCUT2D eigenvalue weighted by Crippen LogP contribution is -2.49. The second-order valence-corrected chi connectivity index (χ2v) is 8.44. The zero-order valence-corrected chi connectivity index (χ0v) is 18.6. The summed E-state index contributed by atoms with van der Waals surface area (Å²) in [6, 6.07) is 3.16. The maximum Gasteiger partial charge on any atom is 0.324 e. The Morgan fingerprint density at radius 1 is 1.19 bits per heavy atom. The van der Waals surface area contributed by atoms with Crippen LogP contribution in [0, 0.1) is 0 Å². The van der Waals surface area contributed by atoms with Crippen LogP contribution in [0.1, 0.15) is 38.2 Å². The Labute approximate surface area is 183 Å². The number of amides is 3. The molecular formula is C22H35N5O4. The zero-order chi connectivity index (χ0) is 22.2. The van der Waals surface area contributed by atoms with Crippen molar-refractivity contribution in [3.8, 4) is 0 Å². The van der Waals surface area contributed by atoms with E-state index in [0.717, 1.165) is 45.4 Å². The number of aromatic nitrogens is 1. The van der Waals surface area contributed by atoms with E-state index in [1.807, 2.05) is 13.1 Å². The Morgan fingerprint density at radius 2 is 1.97 bits per heavy atom. The maximum absolute atomic E-state index is 12.8. The molecule has 1 atom stereocenters. The third-order valence-electron chi connectivity index (χ3n) is 6.02. The number of urea groups is 1. The lowest BCUT2D eigenvalue weighted by atomic mass is 10.1. The molecule has 3 rings (SSSR count). The van der Waals surface area contributed by atoms with Crippen LogP contribution in [0.15, 0.2) is 23.1 Å². The Kier molecular flexibility index (Phi) is 8.62. The normalized spacial score (nSPS) is 19.5. The quantitative estimate of drug-likeness (QED) is 0.566. The van der Waals surface area contributed by atoms with E-state index >= 15 is 0 Å². The number of carbonyl (C=O) groups is 2. The first-order chi connectivity index (χ1) is 15.0. The van der Waals surface area contributed by atoms with Gasteiger partial charge in [0.25, 0.3) is 5.56 Å². The van der Waals surface area contributed by atoms with Crippen molar-refractivity contribution in [1.82, 2.24) is 25.0 Å². The SMILES string of the molecule is CNCCC(C)OC1CCN(CCn2cccc(CN3CCC(=O)NC3=O)c2=O)CC1. The highest BCUT2D eigenvalue weighted by molar-refractivity contribution is 5.96. The molecule has 3 amide bonds. The Hall–Kier alpha value is -2.23. The number of nitrogens with zero attached hydrogens (tertiary/aromatic N) is 3. The molecule has 0 saturated carbocycles. The average Bonchev–Trinajstić information content (AvgIpc) is 2.75. The molecule has 9 nitrogen and oxygen atoms in total. The molecule has 2 N–H and O–H groups in total. The van der Waals surface area contributed by atoms with Gasteiger partial charge in [-0.15, -0.1) is 0 Å². The summed E-state index contributed by atoms with van der Waals surface area (Å²) >= 11 is 0. The lowest BCUT2D eigenvalue weighted by Gasteiger charge is -2.33. The van der Waals surface area contributed by atoms with Crippen molar-refractivity contribution in [2.75, 3.05) is 39.8 Å². The average molecular weight is 434 g/mol. The summed E-state index contributed by atoms with van der Waals surface area (Å²) in [5.74, 6) is -0.270. The van der Waals surface area contributed by atoms with Crippen LogP contribution in [0.5, 0.6) is 0 Å². The highest BCUT2D eigenvalue weighted by Crippen LogP contribution is 2.16. The van der Waals surface area contributed by atoms with Gasteiger partial charge in [-0.2, -0.15) is 0 Å². The zero-order valence-electron chi connectivity index (χ0n) is 18.6. The summed E-state index contributed by atoms with van der Waals surface area (Å²) in [4.78, 5) is 40.0. The molecular weight excluding hydrogens is 398 g/mol. The smallest absolute Gasteiger partial charge is 0.324 e. The summed E-state index contributed by atoms with van der Waals surface area (Å²) in [5, 5.41) is 5.45. The van der Waals surface area contributed by atoms with Crippen LogP contribution in [0.25, 0.3) is 0 Å². The van der Waals surface area contributed by atoms with Gasteiger partial charge in [0.1, 0.15) is 0 Å². The lowest BCUT2D eigenvalue weighted by molar-refractivity contribution is -0.121. The summed E-state index contributed by atoms with van der Waals surface area (Å²) in [5.41, 5.74) is 0.485. The first-order valence-corrected chi connectivity index (χ1v) is 11.3. The van der Waals surface area contributed by atoms with Gasteiger partial charge < -0.3 is 24.4 Å². The van der Waals surface area contributed by atoms with Gasteiger partial charge in [0, 0.05) is 50.9 Å². The molecule has 0 bridgehead atoms. The fourth-order valence-electron chi connectivity index (χ4n) is 4.10. The van der Waals surface area contributed by atoms with E-state index in [1.54, 1.807) is 16.8 Å². The molecule has 2 aliphatic rings. The fraction of sp³-hybridized carbons (Fsp3) is 0.682. The number of pyridine rings is 1. The molecule has 9 heteroatoms. The number of imide groups is 1. The molecule has 1 aromatic heterocycles. The molecule has 1 unspecified atom stereocenters. The summed E-state index contributed by atoms with van der Waals surface area (Å²) in [6.45, 7) is 7.02. The number of likely N-dealkylation sites (tertiary alicyclic amines) is 1. The van der Waals surface area contributed by atoms with Gasteiger partial charge in [-0.05, 0) is 45.8 Å². The highest BCUT2D eigenvalue weighted by atomic mass is 16.5. The van der Waals surface area contributed by atoms with Gasteiger partial charge >= 0.3 is 6.03 Å². The van der Waals surface area contributed by atoms with Crippen LogP contribution in [0.3, 0.4) is 0 Å². The molecule has 0 aromatic carbocycles. The van der Waals surface area contributed by atoms with Gasteiger partial charge in [0.05, 0.1) is 18.8 Å². The van der Waals surface area contributed by atoms with Gasteiger partial charge in [0.2, 0.25) is 5.91 Å². The van der Waals surface area contributed by atoms with Crippen molar-refractivity contribution in [2.24, 2.45) is 0 Å². The summed E-state index contributed by atoms with van der Waals surface area (Å²) in [6.07, 6.45) is 5.70. The molecule has 31 heavy (non-hydrogen) atoms. The first kappa shape index (κ1) is 23.4. The molecule has 2 fully saturated rings. The number of nitrogens with one attached hydrogen (secondary N) is 2. The largest absolute Gasteiger partial charge is 0.375 e. The third kappa shape index (κ3) is 6.88. The predicted octanol–water partition coefficient (Wildman–Crippen LogP) is 0.769. The monoisotopic (exact) mass is 433 g/mol. The van der Waals surface area contributed by atoms with E-state index in [0.29, 0.717) is 24.8 Å². The van der Waals surface area contributed by atoms with Gasteiger partial charge in [0.15, 0.2) is 0 Å².